The number of ether oxygens (including phenoxy) is 2. The van der Waals surface area contributed by atoms with Crippen LogP contribution < -0.4 is 14.8 Å². The number of nitrogens with one attached hydrogen (secondary N) is 1. The van der Waals surface area contributed by atoms with Crippen molar-refractivity contribution in [1.82, 2.24) is 14.9 Å². The van der Waals surface area contributed by atoms with E-state index in [1.165, 1.54) is 11.8 Å². The molecule has 0 spiro atoms. The third-order valence-corrected chi connectivity index (χ3v) is 6.79. The largest absolute Gasteiger partial charge is 0.454 e. The van der Waals surface area contributed by atoms with Crippen LogP contribution in [0.4, 0.5) is 5.69 Å². The lowest BCUT2D eigenvalue weighted by Crippen LogP contribution is -2.55. The zero-order chi connectivity index (χ0) is 25.9. The van der Waals surface area contributed by atoms with Gasteiger partial charge in [0.2, 0.25) is 18.6 Å². The van der Waals surface area contributed by atoms with E-state index < -0.39 is 5.54 Å². The molecule has 0 atom stereocenters. The van der Waals surface area contributed by atoms with Gasteiger partial charge in [0.15, 0.2) is 16.7 Å². The first-order valence-electron chi connectivity index (χ1n) is 11.3. The van der Waals surface area contributed by atoms with Crippen LogP contribution in [0.2, 0.25) is 5.02 Å². The van der Waals surface area contributed by atoms with Gasteiger partial charge in [-0.05, 0) is 63.6 Å². The lowest BCUT2D eigenvalue weighted by Gasteiger charge is -2.37. The Bertz CT molecular complexity index is 1260. The van der Waals surface area contributed by atoms with Gasteiger partial charge in [0.05, 0.1) is 5.75 Å². The number of thioether (sulfide) groups is 1. The number of aryl methyl sites for hydroxylation is 2. The summed E-state index contributed by atoms with van der Waals surface area (Å²) in [5, 5.41) is 4.03. The van der Waals surface area contributed by atoms with Crippen LogP contribution in [-0.4, -0.2) is 44.8 Å². The quantitative estimate of drug-likeness (QED) is 0.325. The lowest BCUT2D eigenvalue weighted by atomic mass is 9.99. The molecule has 0 bridgehead atoms. The smallest absolute Gasteiger partial charge is 0.249 e. The summed E-state index contributed by atoms with van der Waals surface area (Å²) in [7, 11) is 0. The second-order valence-corrected chi connectivity index (χ2v) is 10.3. The first kappa shape index (κ1) is 25.8. The van der Waals surface area contributed by atoms with E-state index in [4.69, 9.17) is 21.1 Å². The molecule has 0 saturated carbocycles. The number of carbonyl (C=O) groups is 2. The number of hydrogen-bond donors (Lipinski definition) is 1. The maximum absolute atomic E-state index is 13.5. The average Bonchev–Trinajstić information content (AvgIpc) is 3.29. The molecule has 1 aromatic heterocycles. The number of halogens is 1. The number of nitrogens with zero attached hydrogens (tertiary/aromatic N) is 3. The molecule has 3 aromatic rings. The molecule has 2 heterocycles. The number of rotatable bonds is 8. The molecule has 36 heavy (non-hydrogen) atoms. The maximum Gasteiger partial charge on any atom is 0.249 e. The van der Waals surface area contributed by atoms with E-state index >= 15 is 0 Å². The summed E-state index contributed by atoms with van der Waals surface area (Å²) in [4.78, 5) is 37.4. The first-order valence-corrected chi connectivity index (χ1v) is 12.7. The van der Waals surface area contributed by atoms with Crippen LogP contribution >= 0.6 is 23.4 Å². The second-order valence-electron chi connectivity index (χ2n) is 8.91. The standard InChI is InChI=1S/C26H27ClN4O4S/c1-16-11-17(2)29-25(28-16)36-14-23(32)31(13-18-5-7-19(27)8-6-18)26(3,4)24(33)30-20-9-10-21-22(12-20)35-15-34-21/h5-12H,13-15H2,1-4H3,(H,30,33). The van der Waals surface area contributed by atoms with Gasteiger partial charge in [0.1, 0.15) is 5.54 Å². The lowest BCUT2D eigenvalue weighted by molar-refractivity contribution is -0.142. The SMILES string of the molecule is Cc1cc(C)nc(SCC(=O)N(Cc2ccc(Cl)cc2)C(C)(C)C(=O)Nc2ccc3c(c2)OCO3)n1. The molecule has 0 fully saturated rings. The fourth-order valence-electron chi connectivity index (χ4n) is 3.71. The molecule has 1 aliphatic rings. The molecule has 0 unspecified atom stereocenters. The Hall–Kier alpha value is -3.30. The zero-order valence-electron chi connectivity index (χ0n) is 20.5. The number of hydrogen-bond acceptors (Lipinski definition) is 7. The van der Waals surface area contributed by atoms with Gasteiger partial charge in [-0.2, -0.15) is 0 Å². The Morgan fingerprint density at radius 3 is 2.39 bits per heavy atom. The fraction of sp³-hybridized carbons (Fsp3) is 0.308. The highest BCUT2D eigenvalue weighted by Crippen LogP contribution is 2.34. The number of fused-ring (bicyclic) bond motifs is 1. The van der Waals surface area contributed by atoms with Gasteiger partial charge in [-0.3, -0.25) is 9.59 Å². The van der Waals surface area contributed by atoms with E-state index in [-0.39, 0.29) is 30.9 Å². The summed E-state index contributed by atoms with van der Waals surface area (Å²) in [5.74, 6) is 0.707. The van der Waals surface area contributed by atoms with Crippen LogP contribution in [0.25, 0.3) is 0 Å². The minimum absolute atomic E-state index is 0.0806. The van der Waals surface area contributed by atoms with E-state index in [1.54, 1.807) is 49.1 Å². The summed E-state index contributed by atoms with van der Waals surface area (Å²) in [6.45, 7) is 7.59. The van der Waals surface area contributed by atoms with E-state index in [9.17, 15) is 9.59 Å². The summed E-state index contributed by atoms with van der Waals surface area (Å²) in [6.07, 6.45) is 0. The Balaban J connectivity index is 1.55. The van der Waals surface area contributed by atoms with Crippen molar-refractivity contribution in [3.8, 4) is 11.5 Å². The van der Waals surface area contributed by atoms with Crippen molar-refractivity contribution < 1.29 is 19.1 Å². The van der Waals surface area contributed by atoms with Crippen molar-refractivity contribution in [2.24, 2.45) is 0 Å². The van der Waals surface area contributed by atoms with Gasteiger partial charge in [-0.1, -0.05) is 35.5 Å². The van der Waals surface area contributed by atoms with Crippen LogP contribution in [-0.2, 0) is 16.1 Å². The maximum atomic E-state index is 13.5. The molecule has 2 amide bonds. The Morgan fingerprint density at radius 1 is 1.03 bits per heavy atom. The van der Waals surface area contributed by atoms with E-state index in [0.29, 0.717) is 27.4 Å². The first-order chi connectivity index (χ1) is 17.1. The summed E-state index contributed by atoms with van der Waals surface area (Å²) < 4.78 is 10.7. The summed E-state index contributed by atoms with van der Waals surface area (Å²) in [6, 6.07) is 14.3. The molecule has 0 radical (unpaired) electrons. The third kappa shape index (κ3) is 6.09. The molecule has 188 valence electrons. The van der Waals surface area contributed by atoms with Crippen molar-refractivity contribution in [2.45, 2.75) is 44.9 Å². The van der Waals surface area contributed by atoms with Gasteiger partial charge in [0, 0.05) is 34.7 Å². The van der Waals surface area contributed by atoms with Crippen LogP contribution in [0.15, 0.2) is 53.7 Å². The third-order valence-electron chi connectivity index (χ3n) is 5.70. The average molecular weight is 527 g/mol. The number of amides is 2. The van der Waals surface area contributed by atoms with Crippen molar-refractivity contribution >= 4 is 40.9 Å². The van der Waals surface area contributed by atoms with Crippen LogP contribution in [0.3, 0.4) is 0 Å². The van der Waals surface area contributed by atoms with Crippen molar-refractivity contribution in [2.75, 3.05) is 17.9 Å². The van der Waals surface area contributed by atoms with E-state index in [0.717, 1.165) is 17.0 Å². The van der Waals surface area contributed by atoms with Crippen LogP contribution in [0.5, 0.6) is 11.5 Å². The Kier molecular flexibility index (Phi) is 7.70. The fourth-order valence-corrected chi connectivity index (χ4v) is 4.66. The Labute approximate surface area is 219 Å². The summed E-state index contributed by atoms with van der Waals surface area (Å²) in [5.41, 5.74) is 1.88. The van der Waals surface area contributed by atoms with Crippen molar-refractivity contribution in [3.05, 3.63) is 70.5 Å². The second kappa shape index (κ2) is 10.8. The molecule has 1 N–H and O–H groups in total. The highest BCUT2D eigenvalue weighted by molar-refractivity contribution is 7.99. The topological polar surface area (TPSA) is 93.7 Å². The van der Waals surface area contributed by atoms with E-state index in [2.05, 4.69) is 15.3 Å². The minimum Gasteiger partial charge on any atom is -0.454 e. The number of benzene rings is 2. The molecule has 0 saturated heterocycles. The van der Waals surface area contributed by atoms with E-state index in [1.807, 2.05) is 32.0 Å². The number of carbonyl (C=O) groups excluding carboxylic acids is 2. The predicted octanol–water partition coefficient (Wildman–Crippen LogP) is 5.01. The van der Waals surface area contributed by atoms with Crippen molar-refractivity contribution in [1.29, 1.82) is 0 Å². The molecular formula is C26H27ClN4O4S. The van der Waals surface area contributed by atoms with Gasteiger partial charge in [0.25, 0.3) is 0 Å². The molecule has 8 nitrogen and oxygen atoms in total. The highest BCUT2D eigenvalue weighted by Gasteiger charge is 2.38. The van der Waals surface area contributed by atoms with Gasteiger partial charge < -0.3 is 19.7 Å². The monoisotopic (exact) mass is 526 g/mol. The highest BCUT2D eigenvalue weighted by atomic mass is 35.5. The normalized spacial score (nSPS) is 12.4. The zero-order valence-corrected chi connectivity index (χ0v) is 22.1. The van der Waals surface area contributed by atoms with Crippen LogP contribution in [0.1, 0.15) is 30.8 Å². The molecular weight excluding hydrogens is 500 g/mol. The minimum atomic E-state index is -1.18. The van der Waals surface area contributed by atoms with Gasteiger partial charge in [-0.25, -0.2) is 9.97 Å². The molecule has 4 rings (SSSR count). The molecule has 1 aliphatic heterocycles. The van der Waals surface area contributed by atoms with Crippen molar-refractivity contribution in [3.63, 3.8) is 0 Å². The molecule has 0 aliphatic carbocycles. The summed E-state index contributed by atoms with van der Waals surface area (Å²) >= 11 is 7.29. The van der Waals surface area contributed by atoms with Crippen LogP contribution in [0, 0.1) is 13.8 Å². The van der Waals surface area contributed by atoms with Gasteiger partial charge in [-0.15, -0.1) is 0 Å². The number of aromatic nitrogens is 2. The number of anilines is 1. The van der Waals surface area contributed by atoms with Gasteiger partial charge >= 0.3 is 0 Å². The predicted molar refractivity (Wildman–Crippen MR) is 140 cm³/mol. The molecule has 2 aromatic carbocycles. The molecule has 10 heteroatoms. The Morgan fingerprint density at radius 2 is 1.69 bits per heavy atom.